The number of nitrogens with one attached hydrogen (secondary N) is 1. The van der Waals surface area contributed by atoms with Crippen molar-refractivity contribution >= 4 is 16.1 Å². The number of benzene rings is 1. The van der Waals surface area contributed by atoms with E-state index in [0.29, 0.717) is 65.1 Å². The van der Waals surface area contributed by atoms with E-state index in [1.54, 1.807) is 0 Å². The molecule has 3 aliphatic rings. The van der Waals surface area contributed by atoms with E-state index in [0.717, 1.165) is 11.3 Å². The van der Waals surface area contributed by atoms with Gasteiger partial charge in [-0.1, -0.05) is 12.1 Å². The van der Waals surface area contributed by atoms with Gasteiger partial charge in [0.2, 0.25) is 5.91 Å². The number of amides is 1. The van der Waals surface area contributed by atoms with Gasteiger partial charge in [0.1, 0.15) is 5.75 Å². The maximum Gasteiger partial charge on any atom is 0.282 e. The van der Waals surface area contributed by atoms with Crippen LogP contribution in [-0.4, -0.2) is 74.2 Å². The Bertz CT molecular complexity index is 905. The quantitative estimate of drug-likeness (QED) is 0.639. The summed E-state index contributed by atoms with van der Waals surface area (Å²) in [5.74, 6) is -0.282. The molecule has 1 atom stereocenters. The smallest absolute Gasteiger partial charge is 0.282 e. The lowest BCUT2D eigenvalue weighted by Gasteiger charge is -2.40. The Balaban J connectivity index is 1.29. The molecule has 0 aromatic heterocycles. The summed E-state index contributed by atoms with van der Waals surface area (Å²) >= 11 is 0. The molecule has 0 unspecified atom stereocenters. The SMILES string of the molecule is CC(C)Oc1ccc(CNC(=O)[C@H]2CCCN(S(=O)(=O)N3CCC4(CC3)OCCO4)C2)cc1. The van der Waals surface area contributed by atoms with Gasteiger partial charge in [0.15, 0.2) is 5.79 Å². The first-order chi connectivity index (χ1) is 15.8. The molecule has 0 aliphatic carbocycles. The number of ether oxygens (including phenoxy) is 3. The third-order valence-corrected chi connectivity index (χ3v) is 8.47. The van der Waals surface area contributed by atoms with E-state index < -0.39 is 16.0 Å². The van der Waals surface area contributed by atoms with Crippen LogP contribution >= 0.6 is 0 Å². The summed E-state index contributed by atoms with van der Waals surface area (Å²) in [5, 5.41) is 2.97. The number of piperidine rings is 2. The largest absolute Gasteiger partial charge is 0.491 e. The standard InChI is InChI=1S/C23H35N3O6S/c1-18(2)32-21-7-5-19(6-8-21)16-24-22(27)20-4-3-11-26(17-20)33(28,29)25-12-9-23(10-13-25)30-14-15-31-23/h5-8,18,20H,3-4,9-17H2,1-2H3,(H,24,27)/t20-/m0/s1. The third-order valence-electron chi connectivity index (χ3n) is 6.47. The molecule has 3 heterocycles. The molecule has 3 saturated heterocycles. The Labute approximate surface area is 196 Å². The summed E-state index contributed by atoms with van der Waals surface area (Å²) < 4.78 is 46.5. The van der Waals surface area contributed by atoms with Crippen molar-refractivity contribution in [2.45, 2.75) is 58.0 Å². The van der Waals surface area contributed by atoms with Crippen LogP contribution in [0.15, 0.2) is 24.3 Å². The van der Waals surface area contributed by atoms with Gasteiger partial charge in [-0.25, -0.2) is 0 Å². The minimum Gasteiger partial charge on any atom is -0.491 e. The molecule has 1 aromatic rings. The second-order valence-electron chi connectivity index (χ2n) is 9.24. The van der Waals surface area contributed by atoms with E-state index in [9.17, 15) is 13.2 Å². The van der Waals surface area contributed by atoms with Crippen LogP contribution in [0.25, 0.3) is 0 Å². The first-order valence-corrected chi connectivity index (χ1v) is 13.2. The maximum atomic E-state index is 13.2. The predicted octanol–water partition coefficient (Wildman–Crippen LogP) is 1.89. The molecule has 1 amide bonds. The Morgan fingerprint density at radius 2 is 1.79 bits per heavy atom. The van der Waals surface area contributed by atoms with E-state index in [2.05, 4.69) is 5.32 Å². The molecular weight excluding hydrogens is 446 g/mol. The van der Waals surface area contributed by atoms with Gasteiger partial charge in [0, 0.05) is 45.6 Å². The van der Waals surface area contributed by atoms with E-state index in [4.69, 9.17) is 14.2 Å². The Morgan fingerprint density at radius 3 is 2.42 bits per heavy atom. The average molecular weight is 482 g/mol. The molecule has 0 radical (unpaired) electrons. The first-order valence-electron chi connectivity index (χ1n) is 11.8. The van der Waals surface area contributed by atoms with Gasteiger partial charge in [-0.05, 0) is 44.4 Å². The molecule has 0 saturated carbocycles. The van der Waals surface area contributed by atoms with Crippen molar-refractivity contribution in [3.8, 4) is 5.75 Å². The van der Waals surface area contributed by atoms with Gasteiger partial charge in [0.25, 0.3) is 10.2 Å². The Kier molecular flexibility index (Phi) is 7.59. The van der Waals surface area contributed by atoms with E-state index in [-0.39, 0.29) is 24.5 Å². The van der Waals surface area contributed by atoms with Crippen LogP contribution in [0.3, 0.4) is 0 Å². The molecule has 9 nitrogen and oxygen atoms in total. The Morgan fingerprint density at radius 1 is 1.12 bits per heavy atom. The zero-order valence-corrected chi connectivity index (χ0v) is 20.3. The number of rotatable bonds is 7. The predicted molar refractivity (Wildman–Crippen MR) is 123 cm³/mol. The van der Waals surface area contributed by atoms with Gasteiger partial charge >= 0.3 is 0 Å². The molecule has 1 aromatic carbocycles. The molecule has 3 aliphatic heterocycles. The fourth-order valence-electron chi connectivity index (χ4n) is 4.66. The lowest BCUT2D eigenvalue weighted by molar-refractivity contribution is -0.179. The topological polar surface area (TPSA) is 97.4 Å². The summed E-state index contributed by atoms with van der Waals surface area (Å²) in [7, 11) is -3.62. The normalized spacial score (nSPS) is 24.3. The highest BCUT2D eigenvalue weighted by atomic mass is 32.2. The molecule has 184 valence electrons. The summed E-state index contributed by atoms with van der Waals surface area (Å²) in [4.78, 5) is 12.8. The van der Waals surface area contributed by atoms with E-state index >= 15 is 0 Å². The van der Waals surface area contributed by atoms with Crippen LogP contribution in [0, 0.1) is 5.92 Å². The molecule has 10 heteroatoms. The van der Waals surface area contributed by atoms with Crippen molar-refractivity contribution in [3.05, 3.63) is 29.8 Å². The van der Waals surface area contributed by atoms with Crippen molar-refractivity contribution in [1.29, 1.82) is 0 Å². The summed E-state index contributed by atoms with van der Waals surface area (Å²) in [6.45, 7) is 6.86. The van der Waals surface area contributed by atoms with Gasteiger partial charge in [-0.15, -0.1) is 0 Å². The minimum absolute atomic E-state index is 0.108. The summed E-state index contributed by atoms with van der Waals surface area (Å²) in [6.07, 6.45) is 2.53. The van der Waals surface area contributed by atoms with Crippen LogP contribution in [0.2, 0.25) is 0 Å². The maximum absolute atomic E-state index is 13.2. The number of nitrogens with zero attached hydrogens (tertiary/aromatic N) is 2. The van der Waals surface area contributed by atoms with Gasteiger partial charge in [0.05, 0.1) is 25.2 Å². The van der Waals surface area contributed by atoms with Crippen LogP contribution in [0.4, 0.5) is 0 Å². The highest BCUT2D eigenvalue weighted by Crippen LogP contribution is 2.33. The number of carbonyl (C=O) groups is 1. The van der Waals surface area contributed by atoms with Crippen molar-refractivity contribution in [3.63, 3.8) is 0 Å². The van der Waals surface area contributed by atoms with Crippen molar-refractivity contribution in [1.82, 2.24) is 13.9 Å². The monoisotopic (exact) mass is 481 g/mol. The van der Waals surface area contributed by atoms with Crippen LogP contribution in [-0.2, 0) is 31.0 Å². The number of hydrogen-bond acceptors (Lipinski definition) is 6. The third kappa shape index (κ3) is 5.86. The van der Waals surface area contributed by atoms with Crippen LogP contribution in [0.5, 0.6) is 5.75 Å². The highest BCUT2D eigenvalue weighted by Gasteiger charge is 2.44. The molecule has 1 N–H and O–H groups in total. The number of carbonyl (C=O) groups excluding carboxylic acids is 1. The zero-order valence-electron chi connectivity index (χ0n) is 19.5. The van der Waals surface area contributed by atoms with E-state index in [1.807, 2.05) is 38.1 Å². The van der Waals surface area contributed by atoms with Crippen molar-refractivity contribution < 1.29 is 27.4 Å². The van der Waals surface area contributed by atoms with Crippen molar-refractivity contribution in [2.75, 3.05) is 39.4 Å². The fraction of sp³-hybridized carbons (Fsp3) is 0.696. The fourth-order valence-corrected chi connectivity index (χ4v) is 6.36. The molecule has 1 spiro atoms. The number of hydrogen-bond donors (Lipinski definition) is 1. The zero-order chi connectivity index (χ0) is 23.5. The molecular formula is C23H35N3O6S. The second-order valence-corrected chi connectivity index (χ2v) is 11.2. The molecule has 0 bridgehead atoms. The molecule has 33 heavy (non-hydrogen) atoms. The van der Waals surface area contributed by atoms with Crippen LogP contribution in [0.1, 0.15) is 45.1 Å². The summed E-state index contributed by atoms with van der Waals surface area (Å²) in [6, 6.07) is 7.63. The van der Waals surface area contributed by atoms with Gasteiger partial charge in [-0.2, -0.15) is 17.0 Å². The van der Waals surface area contributed by atoms with Gasteiger partial charge < -0.3 is 19.5 Å². The minimum atomic E-state index is -3.62. The van der Waals surface area contributed by atoms with Crippen molar-refractivity contribution in [2.24, 2.45) is 5.92 Å². The molecule has 4 rings (SSSR count). The first kappa shape index (κ1) is 24.4. The second kappa shape index (κ2) is 10.3. The van der Waals surface area contributed by atoms with Gasteiger partial charge in [-0.3, -0.25) is 4.79 Å². The highest BCUT2D eigenvalue weighted by molar-refractivity contribution is 7.86. The Hall–Kier alpha value is -1.72. The van der Waals surface area contributed by atoms with E-state index in [1.165, 1.54) is 8.61 Å². The summed E-state index contributed by atoms with van der Waals surface area (Å²) in [5.41, 5.74) is 0.971. The van der Waals surface area contributed by atoms with Crippen LogP contribution < -0.4 is 10.1 Å². The average Bonchev–Trinajstić information content (AvgIpc) is 3.26. The lowest BCUT2D eigenvalue weighted by atomic mass is 9.99. The molecule has 3 fully saturated rings. The lowest BCUT2D eigenvalue weighted by Crippen LogP contribution is -2.54.